The van der Waals surface area contributed by atoms with E-state index in [4.69, 9.17) is 4.74 Å². The van der Waals surface area contributed by atoms with Gasteiger partial charge in [0.15, 0.2) is 0 Å². The van der Waals surface area contributed by atoms with Crippen molar-refractivity contribution in [2.24, 2.45) is 0 Å². The van der Waals surface area contributed by atoms with Crippen LogP contribution in [0.4, 0.5) is 5.69 Å². The Labute approximate surface area is 152 Å². The van der Waals surface area contributed by atoms with E-state index in [0.29, 0.717) is 10.6 Å². The number of carbonyl (C=O) groups excluding carboxylic acids is 1. The van der Waals surface area contributed by atoms with Crippen molar-refractivity contribution in [2.45, 2.75) is 6.92 Å². The summed E-state index contributed by atoms with van der Waals surface area (Å²) in [5, 5.41) is 3.65. The first kappa shape index (κ1) is 16.7. The van der Waals surface area contributed by atoms with Gasteiger partial charge in [-0.1, -0.05) is 34.1 Å². The smallest absolute Gasteiger partial charge is 0.267 e. The number of amides is 1. The molecule has 24 heavy (non-hydrogen) atoms. The molecule has 1 heterocycles. The van der Waals surface area contributed by atoms with Crippen molar-refractivity contribution in [1.29, 1.82) is 0 Å². The fourth-order valence-electron chi connectivity index (χ4n) is 2.28. The van der Waals surface area contributed by atoms with Crippen LogP contribution in [0.1, 0.15) is 15.4 Å². The third-order valence-electron chi connectivity index (χ3n) is 3.43. The largest absolute Gasteiger partial charge is 0.496 e. The lowest BCUT2D eigenvalue weighted by atomic mass is 10.2. The van der Waals surface area contributed by atoms with Crippen molar-refractivity contribution in [3.05, 3.63) is 63.6 Å². The van der Waals surface area contributed by atoms with Crippen LogP contribution in [0, 0.1) is 6.92 Å². The molecule has 0 aliphatic heterocycles. The van der Waals surface area contributed by atoms with Crippen LogP contribution in [0.25, 0.3) is 10.6 Å². The number of para-hydroxylation sites is 1. The van der Waals surface area contributed by atoms with E-state index in [1.54, 1.807) is 7.11 Å². The highest BCUT2D eigenvalue weighted by Gasteiger charge is 2.18. The van der Waals surface area contributed by atoms with Crippen LogP contribution in [-0.4, -0.2) is 18.0 Å². The molecule has 122 valence electrons. The van der Waals surface area contributed by atoms with E-state index in [-0.39, 0.29) is 5.91 Å². The molecule has 3 rings (SSSR count). The number of methoxy groups -OCH3 is 1. The number of hydrogen-bond donors (Lipinski definition) is 1. The third-order valence-corrected chi connectivity index (χ3v) is 5.11. The van der Waals surface area contributed by atoms with Crippen molar-refractivity contribution in [1.82, 2.24) is 4.98 Å². The Morgan fingerprint density at radius 3 is 2.67 bits per heavy atom. The van der Waals surface area contributed by atoms with Crippen molar-refractivity contribution in [3.8, 4) is 16.3 Å². The Bertz CT molecular complexity index is 878. The zero-order chi connectivity index (χ0) is 17.1. The average Bonchev–Trinajstić information content (AvgIpc) is 2.97. The standard InChI is InChI=1S/C18H15BrN2O2S/c1-11-16(17(22)21-13-6-4-3-5-7-13)24-18(20-11)14-10-12(19)8-9-15(14)23-2/h3-10H,1-2H3,(H,21,22). The molecule has 1 amide bonds. The minimum absolute atomic E-state index is 0.156. The fraction of sp³-hybridized carbons (Fsp3) is 0.111. The normalized spacial score (nSPS) is 10.5. The lowest BCUT2D eigenvalue weighted by Gasteiger charge is -2.06. The number of hydrogen-bond acceptors (Lipinski definition) is 4. The zero-order valence-electron chi connectivity index (χ0n) is 13.2. The number of carbonyl (C=O) groups is 1. The van der Waals surface area contributed by atoms with Gasteiger partial charge >= 0.3 is 0 Å². The molecular formula is C18H15BrN2O2S. The number of nitrogens with one attached hydrogen (secondary N) is 1. The van der Waals surface area contributed by atoms with E-state index in [1.807, 2.05) is 55.5 Å². The Morgan fingerprint density at radius 1 is 1.21 bits per heavy atom. The molecule has 0 radical (unpaired) electrons. The molecule has 0 atom stereocenters. The van der Waals surface area contributed by atoms with Crippen LogP contribution in [0.15, 0.2) is 53.0 Å². The van der Waals surface area contributed by atoms with Gasteiger partial charge in [0, 0.05) is 10.2 Å². The number of nitrogens with zero attached hydrogens (tertiary/aromatic N) is 1. The van der Waals surface area contributed by atoms with Gasteiger partial charge in [-0.15, -0.1) is 11.3 Å². The molecule has 0 fully saturated rings. The van der Waals surface area contributed by atoms with Gasteiger partial charge < -0.3 is 10.1 Å². The molecule has 0 spiro atoms. The van der Waals surface area contributed by atoms with E-state index >= 15 is 0 Å². The molecule has 0 saturated carbocycles. The summed E-state index contributed by atoms with van der Waals surface area (Å²) in [5.74, 6) is 0.568. The molecule has 4 nitrogen and oxygen atoms in total. The molecular weight excluding hydrogens is 388 g/mol. The van der Waals surface area contributed by atoms with Crippen LogP contribution in [-0.2, 0) is 0 Å². The van der Waals surface area contributed by atoms with Crippen LogP contribution in [0.5, 0.6) is 5.75 Å². The summed E-state index contributed by atoms with van der Waals surface area (Å²) >= 11 is 4.82. The number of rotatable bonds is 4. The van der Waals surface area contributed by atoms with E-state index in [0.717, 1.165) is 26.5 Å². The van der Waals surface area contributed by atoms with Gasteiger partial charge in [-0.05, 0) is 37.3 Å². The van der Waals surface area contributed by atoms with Crippen LogP contribution < -0.4 is 10.1 Å². The number of ether oxygens (including phenoxy) is 1. The zero-order valence-corrected chi connectivity index (χ0v) is 15.6. The number of thiazole rings is 1. The minimum atomic E-state index is -0.156. The van der Waals surface area contributed by atoms with E-state index in [1.165, 1.54) is 11.3 Å². The molecule has 6 heteroatoms. The molecule has 0 unspecified atom stereocenters. The Balaban J connectivity index is 1.93. The molecule has 0 aliphatic rings. The van der Waals surface area contributed by atoms with E-state index < -0.39 is 0 Å². The highest BCUT2D eigenvalue weighted by molar-refractivity contribution is 9.10. The average molecular weight is 403 g/mol. The predicted molar refractivity (Wildman–Crippen MR) is 101 cm³/mol. The maximum Gasteiger partial charge on any atom is 0.267 e. The monoisotopic (exact) mass is 402 g/mol. The van der Waals surface area contributed by atoms with Crippen LogP contribution in [0.2, 0.25) is 0 Å². The van der Waals surface area contributed by atoms with E-state index in [9.17, 15) is 4.79 Å². The van der Waals surface area contributed by atoms with Gasteiger partial charge in [0.25, 0.3) is 5.91 Å². The van der Waals surface area contributed by atoms with Gasteiger partial charge in [0.2, 0.25) is 0 Å². The van der Waals surface area contributed by atoms with E-state index in [2.05, 4.69) is 26.2 Å². The molecule has 0 saturated heterocycles. The quantitative estimate of drug-likeness (QED) is 0.656. The van der Waals surface area contributed by atoms with Gasteiger partial charge in [-0.3, -0.25) is 4.79 Å². The maximum absolute atomic E-state index is 12.5. The summed E-state index contributed by atoms with van der Waals surface area (Å²) in [6.07, 6.45) is 0. The second-order valence-electron chi connectivity index (χ2n) is 5.10. The first-order chi connectivity index (χ1) is 11.6. The Morgan fingerprint density at radius 2 is 1.96 bits per heavy atom. The molecule has 1 N–H and O–H groups in total. The first-order valence-corrected chi connectivity index (χ1v) is 8.87. The summed E-state index contributed by atoms with van der Waals surface area (Å²) in [6, 6.07) is 15.1. The number of halogens is 1. The molecule has 3 aromatic rings. The number of aryl methyl sites for hydroxylation is 1. The van der Waals surface area contributed by atoms with Gasteiger partial charge in [0.05, 0.1) is 18.4 Å². The Kier molecular flexibility index (Phi) is 4.97. The predicted octanol–water partition coefficient (Wildman–Crippen LogP) is 5.14. The van der Waals surface area contributed by atoms with Gasteiger partial charge in [-0.2, -0.15) is 0 Å². The summed E-state index contributed by atoms with van der Waals surface area (Å²) in [4.78, 5) is 17.7. The molecule has 1 aromatic heterocycles. The third kappa shape index (κ3) is 3.49. The van der Waals surface area contributed by atoms with Crippen LogP contribution >= 0.6 is 27.3 Å². The van der Waals surface area contributed by atoms with Crippen molar-refractivity contribution >= 4 is 38.9 Å². The second-order valence-corrected chi connectivity index (χ2v) is 7.01. The molecule has 2 aromatic carbocycles. The highest BCUT2D eigenvalue weighted by Crippen LogP contribution is 2.36. The minimum Gasteiger partial charge on any atom is -0.496 e. The summed E-state index contributed by atoms with van der Waals surface area (Å²) in [7, 11) is 1.62. The maximum atomic E-state index is 12.5. The molecule has 0 bridgehead atoms. The highest BCUT2D eigenvalue weighted by atomic mass is 79.9. The SMILES string of the molecule is COc1ccc(Br)cc1-c1nc(C)c(C(=O)Nc2ccccc2)s1. The van der Waals surface area contributed by atoms with Crippen LogP contribution in [0.3, 0.4) is 0 Å². The Hall–Kier alpha value is -2.18. The van der Waals surface area contributed by atoms with Gasteiger partial charge in [0.1, 0.15) is 15.6 Å². The van der Waals surface area contributed by atoms with Gasteiger partial charge in [-0.25, -0.2) is 4.98 Å². The topological polar surface area (TPSA) is 51.2 Å². The molecule has 0 aliphatic carbocycles. The van der Waals surface area contributed by atoms with Crippen molar-refractivity contribution < 1.29 is 9.53 Å². The number of anilines is 1. The summed E-state index contributed by atoms with van der Waals surface area (Å²) in [5.41, 5.74) is 2.32. The van der Waals surface area contributed by atoms with Crippen molar-refractivity contribution in [2.75, 3.05) is 12.4 Å². The first-order valence-electron chi connectivity index (χ1n) is 7.26. The fourth-order valence-corrected chi connectivity index (χ4v) is 3.62. The lowest BCUT2D eigenvalue weighted by Crippen LogP contribution is -2.11. The summed E-state index contributed by atoms with van der Waals surface area (Å²) in [6.45, 7) is 1.84. The summed E-state index contributed by atoms with van der Waals surface area (Å²) < 4.78 is 6.34. The second kappa shape index (κ2) is 7.15. The number of benzene rings is 2. The number of aromatic nitrogens is 1. The lowest BCUT2D eigenvalue weighted by molar-refractivity contribution is 0.103. The van der Waals surface area contributed by atoms with Crippen molar-refractivity contribution in [3.63, 3.8) is 0 Å².